The molecule has 1 aromatic rings. The van der Waals surface area contributed by atoms with Crippen LogP contribution in [-0.4, -0.2) is 36.0 Å². The first kappa shape index (κ1) is 18.2. The average Bonchev–Trinajstić information content (AvgIpc) is 2.84. The molecule has 5 heteroatoms. The predicted octanol–water partition coefficient (Wildman–Crippen LogP) is 3.36. The van der Waals surface area contributed by atoms with Gasteiger partial charge in [-0.25, -0.2) is 10.0 Å². The largest absolute Gasteiger partial charge is 0.343 e. The summed E-state index contributed by atoms with van der Waals surface area (Å²) in [5, 5.41) is 6.74. The monoisotopic (exact) mass is 381 g/mol. The third-order valence-electron chi connectivity index (χ3n) is 7.88. The highest BCUT2D eigenvalue weighted by Gasteiger charge is 2.52. The molecule has 0 radical (unpaired) electrons. The molecule has 2 amide bonds. The molecular formula is C23H31N3O2. The van der Waals surface area contributed by atoms with E-state index in [1.165, 1.54) is 38.5 Å². The van der Waals surface area contributed by atoms with Gasteiger partial charge in [-0.1, -0.05) is 18.2 Å². The number of carbonyl (C=O) groups excluding carboxylic acids is 2. The Morgan fingerprint density at radius 2 is 1.64 bits per heavy atom. The molecular weight excluding hydrogens is 350 g/mol. The van der Waals surface area contributed by atoms with E-state index >= 15 is 0 Å². The number of anilines is 1. The average molecular weight is 382 g/mol. The number of nitrogens with zero attached hydrogens (tertiary/aromatic N) is 2. The first-order valence-electron chi connectivity index (χ1n) is 10.9. The Balaban J connectivity index is 1.28. The molecule has 5 fully saturated rings. The first-order valence-corrected chi connectivity index (χ1v) is 10.9. The molecule has 1 heterocycles. The Morgan fingerprint density at radius 3 is 2.21 bits per heavy atom. The zero-order chi connectivity index (χ0) is 19.5. The summed E-state index contributed by atoms with van der Waals surface area (Å²) in [5.41, 5.74) is 1.05. The highest BCUT2D eigenvalue weighted by Crippen LogP contribution is 2.61. The highest BCUT2D eigenvalue weighted by atomic mass is 16.2. The molecule has 1 aromatic carbocycles. The summed E-state index contributed by atoms with van der Waals surface area (Å²) < 4.78 is 0. The molecule has 6 rings (SSSR count). The molecule has 2 atom stereocenters. The van der Waals surface area contributed by atoms with Crippen LogP contribution in [0.4, 0.5) is 5.69 Å². The lowest BCUT2D eigenvalue weighted by Crippen LogP contribution is -2.51. The fourth-order valence-corrected chi connectivity index (χ4v) is 7.02. The van der Waals surface area contributed by atoms with Crippen molar-refractivity contribution in [1.29, 1.82) is 0 Å². The van der Waals surface area contributed by atoms with Gasteiger partial charge in [0.2, 0.25) is 5.91 Å². The van der Waals surface area contributed by atoms with Gasteiger partial charge in [0, 0.05) is 13.5 Å². The maximum Gasteiger partial charge on any atom is 0.265 e. The van der Waals surface area contributed by atoms with Crippen molar-refractivity contribution >= 4 is 17.5 Å². The van der Waals surface area contributed by atoms with E-state index in [1.54, 1.807) is 5.01 Å². The fraction of sp³-hybridized carbons (Fsp3) is 0.652. The number of hydrogen-bond donors (Lipinski definition) is 1. The quantitative estimate of drug-likeness (QED) is 0.870. The van der Waals surface area contributed by atoms with E-state index in [0.717, 1.165) is 23.4 Å². The van der Waals surface area contributed by atoms with E-state index in [4.69, 9.17) is 0 Å². The minimum Gasteiger partial charge on any atom is -0.343 e. The number of para-hydroxylation sites is 1. The maximum absolute atomic E-state index is 13.1. The molecule has 0 spiro atoms. The number of hydrogen-bond acceptors (Lipinski definition) is 3. The molecule has 4 bridgehead atoms. The van der Waals surface area contributed by atoms with Gasteiger partial charge < -0.3 is 5.32 Å². The van der Waals surface area contributed by atoms with Gasteiger partial charge in [-0.3, -0.25) is 9.59 Å². The smallest absolute Gasteiger partial charge is 0.265 e. The van der Waals surface area contributed by atoms with Gasteiger partial charge in [-0.15, -0.1) is 0 Å². The van der Waals surface area contributed by atoms with E-state index in [2.05, 4.69) is 5.32 Å². The van der Waals surface area contributed by atoms with Crippen LogP contribution in [0.5, 0.6) is 0 Å². The number of likely N-dealkylation sites (N-methyl/N-ethyl adjacent to an activating group) is 1. The Hall–Kier alpha value is -1.88. The minimum atomic E-state index is -0.480. The Bertz CT molecular complexity index is 742. The summed E-state index contributed by atoms with van der Waals surface area (Å²) in [5.74, 6) is 2.54. The molecule has 0 aromatic heterocycles. The van der Waals surface area contributed by atoms with Crippen LogP contribution in [-0.2, 0) is 9.59 Å². The standard InChI is InChI=1S/C23H31N3O2/c1-15-21(22(28)26(25(15)2)19-6-4-3-5-7-19)24-20(27)14-23-11-16-8-17(12-23)10-18(9-16)13-23/h3-7,15-18,21H,8-14H2,1-2H3,(H,24,27). The second kappa shape index (κ2) is 6.58. The molecule has 1 saturated heterocycles. The van der Waals surface area contributed by atoms with E-state index in [0.29, 0.717) is 6.42 Å². The van der Waals surface area contributed by atoms with Crippen molar-refractivity contribution in [3.8, 4) is 0 Å². The molecule has 1 aliphatic heterocycles. The van der Waals surface area contributed by atoms with E-state index in [1.807, 2.05) is 49.3 Å². The fourth-order valence-electron chi connectivity index (χ4n) is 7.02. The van der Waals surface area contributed by atoms with Crippen LogP contribution in [0.3, 0.4) is 0 Å². The number of amides is 2. The zero-order valence-corrected chi connectivity index (χ0v) is 16.9. The number of nitrogens with one attached hydrogen (secondary N) is 1. The van der Waals surface area contributed by atoms with Crippen molar-refractivity contribution in [2.75, 3.05) is 12.1 Å². The second-order valence-electron chi connectivity index (χ2n) is 9.94. The van der Waals surface area contributed by atoms with Crippen molar-refractivity contribution in [3.05, 3.63) is 30.3 Å². The van der Waals surface area contributed by atoms with Crippen LogP contribution in [0.2, 0.25) is 0 Å². The summed E-state index contributed by atoms with van der Waals surface area (Å²) >= 11 is 0. The molecule has 1 N–H and O–H groups in total. The third kappa shape index (κ3) is 2.95. The molecule has 28 heavy (non-hydrogen) atoms. The van der Waals surface area contributed by atoms with Crippen molar-refractivity contribution in [2.24, 2.45) is 23.2 Å². The van der Waals surface area contributed by atoms with E-state index < -0.39 is 6.04 Å². The third-order valence-corrected chi connectivity index (χ3v) is 7.88. The summed E-state index contributed by atoms with van der Waals surface area (Å²) in [6, 6.07) is 9.12. The lowest BCUT2D eigenvalue weighted by Gasteiger charge is -2.56. The Morgan fingerprint density at radius 1 is 1.07 bits per heavy atom. The normalized spacial score (nSPS) is 39.6. The van der Waals surface area contributed by atoms with Crippen LogP contribution in [0.25, 0.3) is 0 Å². The lowest BCUT2D eigenvalue weighted by molar-refractivity contribution is -0.132. The van der Waals surface area contributed by atoms with Crippen LogP contribution < -0.4 is 10.3 Å². The van der Waals surface area contributed by atoms with Crippen LogP contribution in [0.1, 0.15) is 51.9 Å². The Labute approximate surface area is 167 Å². The first-order chi connectivity index (χ1) is 13.4. The van der Waals surface area contributed by atoms with Gasteiger partial charge in [0.25, 0.3) is 5.91 Å². The lowest BCUT2D eigenvalue weighted by atomic mass is 9.49. The Kier molecular flexibility index (Phi) is 4.27. The minimum absolute atomic E-state index is 0.0416. The second-order valence-corrected chi connectivity index (χ2v) is 9.94. The molecule has 4 saturated carbocycles. The van der Waals surface area contributed by atoms with Crippen molar-refractivity contribution in [3.63, 3.8) is 0 Å². The number of benzene rings is 1. The SMILES string of the molecule is CC1C(NC(=O)CC23CC4CC(CC(C4)C2)C3)C(=O)N(c2ccccc2)N1C. The highest BCUT2D eigenvalue weighted by molar-refractivity contribution is 6.01. The summed E-state index contributed by atoms with van der Waals surface area (Å²) in [4.78, 5) is 26.1. The van der Waals surface area contributed by atoms with Gasteiger partial charge in [0.05, 0.1) is 11.7 Å². The van der Waals surface area contributed by atoms with Crippen molar-refractivity contribution in [2.45, 2.75) is 64.0 Å². The molecule has 4 aliphatic carbocycles. The van der Waals surface area contributed by atoms with Gasteiger partial charge in [0.15, 0.2) is 0 Å². The molecule has 5 nitrogen and oxygen atoms in total. The van der Waals surface area contributed by atoms with Crippen LogP contribution in [0.15, 0.2) is 30.3 Å². The van der Waals surface area contributed by atoms with Crippen LogP contribution >= 0.6 is 0 Å². The zero-order valence-electron chi connectivity index (χ0n) is 16.9. The molecule has 150 valence electrons. The summed E-state index contributed by atoms with van der Waals surface area (Å²) in [7, 11) is 1.92. The summed E-state index contributed by atoms with van der Waals surface area (Å²) in [6.07, 6.45) is 8.41. The maximum atomic E-state index is 13.1. The van der Waals surface area contributed by atoms with E-state index in [-0.39, 0.29) is 23.3 Å². The number of rotatable bonds is 4. The number of hydrazine groups is 1. The van der Waals surface area contributed by atoms with Crippen LogP contribution in [0, 0.1) is 23.2 Å². The summed E-state index contributed by atoms with van der Waals surface area (Å²) in [6.45, 7) is 2.01. The predicted molar refractivity (Wildman–Crippen MR) is 108 cm³/mol. The number of carbonyl (C=O) groups is 2. The van der Waals surface area contributed by atoms with Gasteiger partial charge >= 0.3 is 0 Å². The molecule has 5 aliphatic rings. The van der Waals surface area contributed by atoms with Gasteiger partial charge in [-0.2, -0.15) is 0 Å². The van der Waals surface area contributed by atoms with Crippen molar-refractivity contribution < 1.29 is 9.59 Å². The van der Waals surface area contributed by atoms with E-state index in [9.17, 15) is 9.59 Å². The molecule has 2 unspecified atom stereocenters. The van der Waals surface area contributed by atoms with Crippen molar-refractivity contribution in [1.82, 2.24) is 10.3 Å². The van der Waals surface area contributed by atoms with Gasteiger partial charge in [0.1, 0.15) is 6.04 Å². The topological polar surface area (TPSA) is 52.7 Å². The van der Waals surface area contributed by atoms with Gasteiger partial charge in [-0.05, 0) is 80.8 Å².